The summed E-state index contributed by atoms with van der Waals surface area (Å²) in [5, 5.41) is 6.35. The SMILES string of the molecule is CC(CC(CC[C@@H]1SCC2NC(=O)NC21)CC(N)=O)OCCOCCCN. The van der Waals surface area contributed by atoms with Crippen molar-refractivity contribution in [2.75, 3.05) is 32.1 Å². The molecule has 3 amide bonds. The van der Waals surface area contributed by atoms with E-state index in [1.165, 1.54) is 0 Å². The Morgan fingerprint density at radius 1 is 1.33 bits per heavy atom. The molecular weight excluding hydrogens is 368 g/mol. The first kappa shape index (κ1) is 22.3. The molecule has 27 heavy (non-hydrogen) atoms. The van der Waals surface area contributed by atoms with Gasteiger partial charge in [-0.1, -0.05) is 0 Å². The molecule has 0 spiro atoms. The Bertz CT molecular complexity index is 482. The third-order valence-electron chi connectivity index (χ3n) is 5.08. The fourth-order valence-electron chi connectivity index (χ4n) is 3.76. The van der Waals surface area contributed by atoms with Crippen molar-refractivity contribution in [3.63, 3.8) is 0 Å². The number of nitrogens with two attached hydrogens (primary N) is 2. The Balaban J connectivity index is 1.69. The van der Waals surface area contributed by atoms with Crippen molar-refractivity contribution < 1.29 is 19.1 Å². The van der Waals surface area contributed by atoms with E-state index in [4.69, 9.17) is 20.9 Å². The van der Waals surface area contributed by atoms with Gasteiger partial charge in [0.2, 0.25) is 5.91 Å². The number of ether oxygens (including phenoxy) is 2. The second-order valence-corrected chi connectivity index (χ2v) is 8.68. The molecule has 0 bridgehead atoms. The Kier molecular flexibility index (Phi) is 9.67. The quantitative estimate of drug-likeness (QED) is 0.249. The molecule has 2 fully saturated rings. The summed E-state index contributed by atoms with van der Waals surface area (Å²) in [6.07, 6.45) is 3.93. The lowest BCUT2D eigenvalue weighted by molar-refractivity contribution is -0.119. The van der Waals surface area contributed by atoms with E-state index in [9.17, 15) is 9.59 Å². The average Bonchev–Trinajstić information content (AvgIpc) is 3.14. The number of primary amides is 1. The van der Waals surface area contributed by atoms with E-state index in [0.717, 1.165) is 31.4 Å². The van der Waals surface area contributed by atoms with E-state index in [1.807, 2.05) is 18.7 Å². The monoisotopic (exact) mass is 402 g/mol. The first-order valence-corrected chi connectivity index (χ1v) is 10.9. The molecule has 0 aromatic heterocycles. The topological polar surface area (TPSA) is 129 Å². The van der Waals surface area contributed by atoms with Crippen LogP contribution in [-0.4, -0.2) is 67.5 Å². The molecular formula is C18H34N4O4S. The van der Waals surface area contributed by atoms with E-state index >= 15 is 0 Å². The molecule has 4 unspecified atom stereocenters. The van der Waals surface area contributed by atoms with Gasteiger partial charge in [-0.2, -0.15) is 11.8 Å². The molecule has 0 aromatic carbocycles. The largest absolute Gasteiger partial charge is 0.379 e. The Morgan fingerprint density at radius 3 is 2.89 bits per heavy atom. The third-order valence-corrected chi connectivity index (χ3v) is 6.58. The van der Waals surface area contributed by atoms with Crippen molar-refractivity contribution in [1.82, 2.24) is 10.6 Å². The molecule has 2 aliphatic heterocycles. The number of fused-ring (bicyclic) bond motifs is 1. The summed E-state index contributed by atoms with van der Waals surface area (Å²) in [4.78, 5) is 22.9. The van der Waals surface area contributed by atoms with Crippen molar-refractivity contribution in [3.05, 3.63) is 0 Å². The molecule has 2 aliphatic rings. The molecule has 9 heteroatoms. The highest BCUT2D eigenvalue weighted by molar-refractivity contribution is 8.00. The summed E-state index contributed by atoms with van der Waals surface area (Å²) in [7, 11) is 0. The number of rotatable bonds is 14. The maximum Gasteiger partial charge on any atom is 0.315 e. The van der Waals surface area contributed by atoms with Crippen LogP contribution in [0.3, 0.4) is 0 Å². The number of urea groups is 1. The van der Waals surface area contributed by atoms with Gasteiger partial charge in [-0.15, -0.1) is 0 Å². The molecule has 0 aromatic rings. The van der Waals surface area contributed by atoms with Crippen LogP contribution in [0.1, 0.15) is 39.0 Å². The summed E-state index contributed by atoms with van der Waals surface area (Å²) in [5.74, 6) is 0.864. The molecule has 156 valence electrons. The van der Waals surface area contributed by atoms with Crippen molar-refractivity contribution >= 4 is 23.7 Å². The zero-order valence-electron chi connectivity index (χ0n) is 16.2. The summed E-state index contributed by atoms with van der Waals surface area (Å²) >= 11 is 1.89. The maximum absolute atomic E-state index is 11.5. The zero-order chi connectivity index (χ0) is 19.6. The molecule has 2 rings (SSSR count). The van der Waals surface area contributed by atoms with Gasteiger partial charge < -0.3 is 31.6 Å². The molecule has 5 atom stereocenters. The Hall–Kier alpha value is -1.03. The summed E-state index contributed by atoms with van der Waals surface area (Å²) < 4.78 is 11.2. The van der Waals surface area contributed by atoms with Crippen molar-refractivity contribution in [2.45, 2.75) is 62.5 Å². The van der Waals surface area contributed by atoms with Crippen LogP contribution in [0, 0.1) is 5.92 Å². The molecule has 2 saturated heterocycles. The van der Waals surface area contributed by atoms with Crippen LogP contribution in [0.5, 0.6) is 0 Å². The average molecular weight is 403 g/mol. The van der Waals surface area contributed by atoms with Gasteiger partial charge in [0.1, 0.15) is 0 Å². The summed E-state index contributed by atoms with van der Waals surface area (Å²) in [5.41, 5.74) is 10.9. The van der Waals surface area contributed by atoms with Gasteiger partial charge in [0.15, 0.2) is 0 Å². The third kappa shape index (κ3) is 7.85. The van der Waals surface area contributed by atoms with Crippen LogP contribution in [0.4, 0.5) is 4.79 Å². The molecule has 8 nitrogen and oxygen atoms in total. The lowest BCUT2D eigenvalue weighted by Gasteiger charge is -2.23. The number of nitrogens with one attached hydrogen (secondary N) is 2. The predicted molar refractivity (Wildman–Crippen MR) is 107 cm³/mol. The van der Waals surface area contributed by atoms with E-state index in [-0.39, 0.29) is 36.0 Å². The second kappa shape index (κ2) is 11.7. The zero-order valence-corrected chi connectivity index (χ0v) is 17.0. The smallest absolute Gasteiger partial charge is 0.315 e. The molecule has 6 N–H and O–H groups in total. The van der Waals surface area contributed by atoms with E-state index in [2.05, 4.69) is 10.6 Å². The summed E-state index contributed by atoms with van der Waals surface area (Å²) in [6, 6.07) is 0.347. The minimum absolute atomic E-state index is 0.0456. The normalized spacial score (nSPS) is 26.3. The van der Waals surface area contributed by atoms with Crippen LogP contribution in [0.2, 0.25) is 0 Å². The van der Waals surface area contributed by atoms with Crippen LogP contribution in [0.15, 0.2) is 0 Å². The minimum atomic E-state index is -0.273. The van der Waals surface area contributed by atoms with Crippen LogP contribution >= 0.6 is 11.8 Å². The van der Waals surface area contributed by atoms with Crippen molar-refractivity contribution in [2.24, 2.45) is 17.4 Å². The standard InChI is InChI=1S/C18H34N4O4S/c1-12(26-8-7-25-6-2-5-19)9-13(10-16(20)23)3-4-15-17-14(11-27-15)21-18(24)22-17/h12-15,17H,2-11,19H2,1H3,(H2,20,23)(H2,21,22,24)/t12?,13?,14?,15-,17?/m0/s1. The number of hydrogen-bond donors (Lipinski definition) is 4. The van der Waals surface area contributed by atoms with Gasteiger partial charge in [-0.25, -0.2) is 4.79 Å². The van der Waals surface area contributed by atoms with Crippen LogP contribution < -0.4 is 22.1 Å². The van der Waals surface area contributed by atoms with Gasteiger partial charge in [-0.05, 0) is 45.1 Å². The minimum Gasteiger partial charge on any atom is -0.379 e. The molecule has 0 radical (unpaired) electrons. The fourth-order valence-corrected chi connectivity index (χ4v) is 5.28. The van der Waals surface area contributed by atoms with Gasteiger partial charge in [-0.3, -0.25) is 4.79 Å². The lowest BCUT2D eigenvalue weighted by atomic mass is 9.91. The highest BCUT2D eigenvalue weighted by Gasteiger charge is 2.42. The fraction of sp³-hybridized carbons (Fsp3) is 0.889. The number of thioether (sulfide) groups is 1. The maximum atomic E-state index is 11.5. The summed E-state index contributed by atoms with van der Waals surface area (Å²) in [6.45, 7) is 4.40. The Labute approximate surface area is 165 Å². The van der Waals surface area contributed by atoms with Gasteiger partial charge >= 0.3 is 6.03 Å². The second-order valence-electron chi connectivity index (χ2n) is 7.41. The first-order chi connectivity index (χ1) is 13.0. The predicted octanol–water partition coefficient (Wildman–Crippen LogP) is 0.584. The van der Waals surface area contributed by atoms with Gasteiger partial charge in [0.05, 0.1) is 31.4 Å². The molecule has 0 saturated carbocycles. The van der Waals surface area contributed by atoms with Gasteiger partial charge in [0.25, 0.3) is 0 Å². The van der Waals surface area contributed by atoms with Crippen LogP contribution in [-0.2, 0) is 14.3 Å². The van der Waals surface area contributed by atoms with Crippen LogP contribution in [0.25, 0.3) is 0 Å². The number of amides is 3. The van der Waals surface area contributed by atoms with Crippen molar-refractivity contribution in [3.8, 4) is 0 Å². The molecule has 2 heterocycles. The molecule has 0 aliphatic carbocycles. The van der Waals surface area contributed by atoms with Crippen molar-refractivity contribution in [1.29, 1.82) is 0 Å². The van der Waals surface area contributed by atoms with E-state index in [1.54, 1.807) is 0 Å². The number of carbonyl (C=O) groups excluding carboxylic acids is 2. The number of hydrogen-bond acceptors (Lipinski definition) is 6. The first-order valence-electron chi connectivity index (χ1n) is 9.86. The highest BCUT2D eigenvalue weighted by Crippen LogP contribution is 2.34. The van der Waals surface area contributed by atoms with E-state index < -0.39 is 0 Å². The number of carbonyl (C=O) groups is 2. The highest BCUT2D eigenvalue weighted by atomic mass is 32.2. The van der Waals surface area contributed by atoms with E-state index in [0.29, 0.717) is 38.0 Å². The van der Waals surface area contributed by atoms with Gasteiger partial charge in [0, 0.05) is 24.0 Å². The Morgan fingerprint density at radius 2 is 2.15 bits per heavy atom. The lowest BCUT2D eigenvalue weighted by Crippen LogP contribution is -2.37.